The molecule has 1 aromatic heterocycles. The number of aryl methyl sites for hydroxylation is 1. The third kappa shape index (κ3) is 2.67. The van der Waals surface area contributed by atoms with Crippen LogP contribution in [0.15, 0.2) is 42.5 Å². The molecule has 0 spiro atoms. The van der Waals surface area contributed by atoms with Crippen LogP contribution in [0.4, 0.5) is 11.6 Å². The highest BCUT2D eigenvalue weighted by Gasteiger charge is 2.29. The molecule has 128 valence electrons. The number of hydrogen-bond acceptors (Lipinski definition) is 5. The maximum absolute atomic E-state index is 12.9. The third-order valence-corrected chi connectivity index (χ3v) is 4.00. The molecule has 0 bridgehead atoms. The summed E-state index contributed by atoms with van der Waals surface area (Å²) in [6.07, 6.45) is 0. The van der Waals surface area contributed by atoms with Crippen molar-refractivity contribution < 1.29 is 14.5 Å². The topological polar surface area (TPSA) is 90.5 Å². The number of amides is 1. The number of methoxy groups -OCH3 is 1. The van der Waals surface area contributed by atoms with Gasteiger partial charge >= 0.3 is 5.69 Å². The first kappa shape index (κ1) is 16.4. The molecule has 8 nitrogen and oxygen atoms in total. The highest BCUT2D eigenvalue weighted by molar-refractivity contribution is 6.08. The van der Waals surface area contributed by atoms with E-state index >= 15 is 0 Å². The van der Waals surface area contributed by atoms with E-state index in [4.69, 9.17) is 4.74 Å². The molecule has 3 aromatic rings. The lowest BCUT2D eigenvalue weighted by Crippen LogP contribution is -2.29. The van der Waals surface area contributed by atoms with Crippen LogP contribution in [0.1, 0.15) is 10.4 Å². The second-order valence-corrected chi connectivity index (χ2v) is 5.44. The lowest BCUT2D eigenvalue weighted by molar-refractivity contribution is -0.386. The number of fused-ring (bicyclic) bond motifs is 1. The van der Waals surface area contributed by atoms with Crippen molar-refractivity contribution in [2.24, 2.45) is 7.05 Å². The molecular weight excluding hydrogens is 324 g/mol. The fourth-order valence-corrected chi connectivity index (χ4v) is 2.75. The molecule has 0 fully saturated rings. The summed E-state index contributed by atoms with van der Waals surface area (Å²) in [4.78, 5) is 29.4. The van der Waals surface area contributed by atoms with Crippen LogP contribution in [0, 0.1) is 10.1 Å². The van der Waals surface area contributed by atoms with Crippen molar-refractivity contribution in [2.75, 3.05) is 19.1 Å². The Labute approximate surface area is 143 Å². The maximum atomic E-state index is 12.9. The summed E-state index contributed by atoms with van der Waals surface area (Å²) in [6, 6.07) is 11.9. The van der Waals surface area contributed by atoms with Gasteiger partial charge in [-0.25, -0.2) is 4.98 Å². The number of hydrogen-bond donors (Lipinski definition) is 0. The number of imidazole rings is 1. The van der Waals surface area contributed by atoms with Gasteiger partial charge in [0.2, 0.25) is 5.95 Å². The number of rotatable bonds is 4. The van der Waals surface area contributed by atoms with Gasteiger partial charge in [0.1, 0.15) is 5.56 Å². The number of para-hydroxylation sites is 3. The molecular formula is C17H16N4O4. The molecule has 8 heteroatoms. The quantitative estimate of drug-likeness (QED) is 0.538. The third-order valence-electron chi connectivity index (χ3n) is 4.00. The van der Waals surface area contributed by atoms with E-state index in [0.29, 0.717) is 5.95 Å². The average molecular weight is 340 g/mol. The summed E-state index contributed by atoms with van der Waals surface area (Å²) in [6.45, 7) is 0. The molecule has 3 rings (SSSR count). The Bertz CT molecular complexity index is 980. The summed E-state index contributed by atoms with van der Waals surface area (Å²) in [5, 5.41) is 11.4. The van der Waals surface area contributed by atoms with Gasteiger partial charge in [-0.05, 0) is 24.3 Å². The molecule has 2 aromatic carbocycles. The van der Waals surface area contributed by atoms with E-state index in [2.05, 4.69) is 4.98 Å². The predicted octanol–water partition coefficient (Wildman–Crippen LogP) is 2.77. The first-order chi connectivity index (χ1) is 12.0. The monoisotopic (exact) mass is 340 g/mol. The van der Waals surface area contributed by atoms with E-state index in [1.807, 2.05) is 24.3 Å². The second kappa shape index (κ2) is 6.23. The minimum atomic E-state index is -0.616. The minimum Gasteiger partial charge on any atom is -0.490 e. The van der Waals surface area contributed by atoms with Gasteiger partial charge in [-0.15, -0.1) is 0 Å². The molecule has 0 saturated heterocycles. The van der Waals surface area contributed by atoms with E-state index in [-0.39, 0.29) is 17.0 Å². The van der Waals surface area contributed by atoms with Crippen LogP contribution >= 0.6 is 0 Å². The zero-order valence-corrected chi connectivity index (χ0v) is 14.0. The molecule has 0 aliphatic rings. The van der Waals surface area contributed by atoms with Gasteiger partial charge in [-0.1, -0.05) is 18.2 Å². The fourth-order valence-electron chi connectivity index (χ4n) is 2.75. The second-order valence-electron chi connectivity index (χ2n) is 5.44. The van der Waals surface area contributed by atoms with Crippen molar-refractivity contribution in [3.63, 3.8) is 0 Å². The van der Waals surface area contributed by atoms with Crippen molar-refractivity contribution in [3.05, 3.63) is 58.1 Å². The number of nitro benzene ring substituents is 1. The van der Waals surface area contributed by atoms with Gasteiger partial charge in [-0.2, -0.15) is 0 Å². The molecule has 0 atom stereocenters. The predicted molar refractivity (Wildman–Crippen MR) is 93.1 cm³/mol. The van der Waals surface area contributed by atoms with Gasteiger partial charge in [0.25, 0.3) is 5.91 Å². The molecule has 0 aliphatic heterocycles. The van der Waals surface area contributed by atoms with Crippen LogP contribution in [-0.4, -0.2) is 34.5 Å². The number of nitrogens with zero attached hydrogens (tertiary/aromatic N) is 4. The molecule has 0 aliphatic carbocycles. The van der Waals surface area contributed by atoms with Crippen molar-refractivity contribution in [1.82, 2.24) is 9.55 Å². The van der Waals surface area contributed by atoms with Gasteiger partial charge in [0, 0.05) is 14.1 Å². The molecule has 0 saturated carbocycles. The molecule has 1 heterocycles. The largest absolute Gasteiger partial charge is 0.490 e. The number of anilines is 1. The van der Waals surface area contributed by atoms with Crippen molar-refractivity contribution in [1.29, 1.82) is 0 Å². The number of benzene rings is 2. The van der Waals surface area contributed by atoms with Gasteiger partial charge in [0.15, 0.2) is 5.75 Å². The average Bonchev–Trinajstić information content (AvgIpc) is 2.96. The normalized spacial score (nSPS) is 10.7. The molecule has 1 amide bonds. The van der Waals surface area contributed by atoms with Crippen molar-refractivity contribution in [2.45, 2.75) is 0 Å². The van der Waals surface area contributed by atoms with Crippen LogP contribution < -0.4 is 9.64 Å². The van der Waals surface area contributed by atoms with Crippen molar-refractivity contribution in [3.8, 4) is 5.75 Å². The standard InChI is InChI=1S/C17H16N4O4/c1-19-13-9-5-4-8-12(13)18-17(19)20(2)16(22)11-7-6-10-14(25-3)15(11)21(23)24/h4-10H,1-3H3. The fraction of sp³-hybridized carbons (Fsp3) is 0.176. The Kier molecular flexibility index (Phi) is 4.10. The number of carbonyl (C=O) groups is 1. The molecule has 0 radical (unpaired) electrons. The number of ether oxygens (including phenoxy) is 1. The smallest absolute Gasteiger partial charge is 0.323 e. The van der Waals surface area contributed by atoms with Crippen molar-refractivity contribution >= 4 is 28.6 Å². The summed E-state index contributed by atoms with van der Waals surface area (Å²) in [5.41, 5.74) is 1.18. The van der Waals surface area contributed by atoms with E-state index in [1.54, 1.807) is 17.7 Å². The first-order valence-electron chi connectivity index (χ1n) is 7.46. The van der Waals surface area contributed by atoms with Crippen LogP contribution in [0.5, 0.6) is 5.75 Å². The number of aromatic nitrogens is 2. The van der Waals surface area contributed by atoms with Crippen LogP contribution in [0.3, 0.4) is 0 Å². The lowest BCUT2D eigenvalue weighted by atomic mass is 10.1. The van der Waals surface area contributed by atoms with Gasteiger partial charge in [-0.3, -0.25) is 19.8 Å². The number of nitro groups is 1. The zero-order valence-electron chi connectivity index (χ0n) is 14.0. The summed E-state index contributed by atoms with van der Waals surface area (Å²) in [5.74, 6) is -0.110. The van der Waals surface area contributed by atoms with Gasteiger partial charge < -0.3 is 9.30 Å². The molecule has 0 unspecified atom stereocenters. The summed E-state index contributed by atoms with van der Waals surface area (Å²) in [7, 11) is 4.65. The summed E-state index contributed by atoms with van der Waals surface area (Å²) < 4.78 is 6.78. The Balaban J connectivity index is 2.09. The Hall–Kier alpha value is -3.42. The highest BCUT2D eigenvalue weighted by Crippen LogP contribution is 2.32. The van der Waals surface area contributed by atoms with Crippen LogP contribution in [0.2, 0.25) is 0 Å². The van der Waals surface area contributed by atoms with Crippen LogP contribution in [-0.2, 0) is 7.05 Å². The van der Waals surface area contributed by atoms with E-state index in [1.165, 1.54) is 31.2 Å². The molecule has 0 N–H and O–H groups in total. The van der Waals surface area contributed by atoms with Crippen LogP contribution in [0.25, 0.3) is 11.0 Å². The molecule has 25 heavy (non-hydrogen) atoms. The zero-order chi connectivity index (χ0) is 18.1. The first-order valence-corrected chi connectivity index (χ1v) is 7.46. The Morgan fingerprint density at radius 2 is 1.96 bits per heavy atom. The summed E-state index contributed by atoms with van der Waals surface area (Å²) >= 11 is 0. The number of carbonyl (C=O) groups excluding carboxylic acids is 1. The lowest BCUT2D eigenvalue weighted by Gasteiger charge is -2.17. The highest BCUT2D eigenvalue weighted by atomic mass is 16.6. The maximum Gasteiger partial charge on any atom is 0.323 e. The van der Waals surface area contributed by atoms with E-state index in [9.17, 15) is 14.9 Å². The van der Waals surface area contributed by atoms with E-state index < -0.39 is 10.8 Å². The SMILES string of the molecule is COc1cccc(C(=O)N(C)c2nc3ccccc3n2C)c1[N+](=O)[O-]. The van der Waals surface area contributed by atoms with Gasteiger partial charge in [0.05, 0.1) is 23.1 Å². The Morgan fingerprint density at radius 3 is 2.60 bits per heavy atom. The minimum absolute atomic E-state index is 0.0363. The Morgan fingerprint density at radius 1 is 1.24 bits per heavy atom. The van der Waals surface area contributed by atoms with E-state index in [0.717, 1.165) is 11.0 Å².